The molecule has 0 bridgehead atoms. The van der Waals surface area contributed by atoms with Crippen LogP contribution in [0, 0.1) is 0 Å². The predicted molar refractivity (Wildman–Crippen MR) is 55.9 cm³/mol. The number of rotatable bonds is 1. The van der Waals surface area contributed by atoms with Crippen molar-refractivity contribution in [2.24, 2.45) is 0 Å². The lowest BCUT2D eigenvalue weighted by Gasteiger charge is -1.93. The van der Waals surface area contributed by atoms with Gasteiger partial charge in [0.2, 0.25) is 0 Å². The molecule has 66 valence electrons. The first-order valence-electron chi connectivity index (χ1n) is 3.37. The van der Waals surface area contributed by atoms with E-state index in [0.717, 1.165) is 14.6 Å². The molecule has 0 aliphatic heterocycles. The molecule has 0 amide bonds. The summed E-state index contributed by atoms with van der Waals surface area (Å²) in [6.07, 6.45) is 0. The van der Waals surface area contributed by atoms with Gasteiger partial charge in [0.15, 0.2) is 8.92 Å². The van der Waals surface area contributed by atoms with Gasteiger partial charge < -0.3 is 0 Å². The lowest BCUT2D eigenvalue weighted by molar-refractivity contribution is 1.07. The van der Waals surface area contributed by atoms with Crippen LogP contribution in [-0.4, -0.2) is 15.2 Å². The van der Waals surface area contributed by atoms with Crippen molar-refractivity contribution in [2.75, 3.05) is 0 Å². The van der Waals surface area contributed by atoms with Gasteiger partial charge in [0, 0.05) is 0 Å². The molecule has 3 nitrogen and oxygen atoms in total. The molecule has 0 aromatic carbocycles. The molecule has 0 saturated heterocycles. The Kier molecular flexibility index (Phi) is 2.57. The minimum atomic E-state index is 0.462. The van der Waals surface area contributed by atoms with Crippen LogP contribution in [-0.2, 0) is 0 Å². The number of hydrogen-bond acceptors (Lipinski definition) is 4. The van der Waals surface area contributed by atoms with Gasteiger partial charge in [-0.15, -0.1) is 10.2 Å². The fraction of sp³-hybridized carbons (Fsp3) is 0. The summed E-state index contributed by atoms with van der Waals surface area (Å²) in [4.78, 5) is 4.11. The first-order chi connectivity index (χ1) is 6.25. The Balaban J connectivity index is 2.46. The van der Waals surface area contributed by atoms with Crippen LogP contribution < -0.4 is 0 Å². The molecule has 13 heavy (non-hydrogen) atoms. The first kappa shape index (κ1) is 9.05. The summed E-state index contributed by atoms with van der Waals surface area (Å²) < 4.78 is 0.740. The van der Waals surface area contributed by atoms with Gasteiger partial charge in [-0.25, -0.2) is 4.98 Å². The van der Waals surface area contributed by atoms with Gasteiger partial charge in [-0.1, -0.05) is 29.0 Å². The van der Waals surface area contributed by atoms with Crippen LogP contribution in [0.2, 0.25) is 5.15 Å². The molecule has 6 heteroatoms. The molecule has 0 atom stereocenters. The predicted octanol–water partition coefficient (Wildman–Crippen LogP) is 3.02. The molecule has 0 aliphatic carbocycles. The fourth-order valence-corrected chi connectivity index (χ4v) is 2.08. The molecule has 0 aliphatic rings. The van der Waals surface area contributed by atoms with Crippen LogP contribution in [0.5, 0.6) is 0 Å². The number of pyridine rings is 1. The van der Waals surface area contributed by atoms with Gasteiger partial charge in [-0.2, -0.15) is 0 Å². The molecule has 2 heterocycles. The lowest BCUT2D eigenvalue weighted by Crippen LogP contribution is -1.82. The summed E-state index contributed by atoms with van der Waals surface area (Å²) in [5.41, 5.74) is 0.746. The van der Waals surface area contributed by atoms with Gasteiger partial charge in [-0.05, 0) is 28.1 Å². The second kappa shape index (κ2) is 3.69. The van der Waals surface area contributed by atoms with E-state index in [2.05, 4.69) is 31.1 Å². The van der Waals surface area contributed by atoms with Crippen molar-refractivity contribution in [1.29, 1.82) is 0 Å². The minimum Gasteiger partial charge on any atom is -0.234 e. The second-order valence-electron chi connectivity index (χ2n) is 2.21. The van der Waals surface area contributed by atoms with Gasteiger partial charge in [0.25, 0.3) is 0 Å². The van der Waals surface area contributed by atoms with Crippen LogP contribution in [0.1, 0.15) is 0 Å². The maximum absolute atomic E-state index is 5.74. The molecular weight excluding hydrogens is 274 g/mol. The van der Waals surface area contributed by atoms with E-state index in [1.54, 1.807) is 6.07 Å². The molecule has 0 N–H and O–H groups in total. The monoisotopic (exact) mass is 275 g/mol. The third-order valence-electron chi connectivity index (χ3n) is 1.33. The maximum Gasteiger partial charge on any atom is 0.183 e. The summed E-state index contributed by atoms with van der Waals surface area (Å²) in [6.45, 7) is 0. The molecule has 0 fully saturated rings. The molecule has 0 spiro atoms. The Bertz CT molecular complexity index is 431. The van der Waals surface area contributed by atoms with Crippen LogP contribution >= 0.6 is 38.9 Å². The van der Waals surface area contributed by atoms with Crippen LogP contribution in [0.15, 0.2) is 22.1 Å². The average Bonchev–Trinajstić information content (AvgIpc) is 2.52. The van der Waals surface area contributed by atoms with E-state index in [0.29, 0.717) is 5.15 Å². The highest BCUT2D eigenvalue weighted by Gasteiger charge is 2.05. The second-order valence-corrected chi connectivity index (χ2v) is 4.85. The Labute approximate surface area is 91.9 Å². The lowest BCUT2D eigenvalue weighted by atomic mass is 10.4. The van der Waals surface area contributed by atoms with Crippen molar-refractivity contribution >= 4 is 38.9 Å². The van der Waals surface area contributed by atoms with Gasteiger partial charge >= 0.3 is 0 Å². The molecule has 2 aromatic heterocycles. The quantitative estimate of drug-likeness (QED) is 0.752. The zero-order valence-electron chi connectivity index (χ0n) is 6.24. The molecule has 0 radical (unpaired) electrons. The van der Waals surface area contributed by atoms with Crippen molar-refractivity contribution in [3.63, 3.8) is 0 Å². The zero-order chi connectivity index (χ0) is 9.26. The number of nitrogens with zero attached hydrogens (tertiary/aromatic N) is 3. The molecule has 0 saturated carbocycles. The Morgan fingerprint density at radius 1 is 1.31 bits per heavy atom. The highest BCUT2D eigenvalue weighted by molar-refractivity contribution is 9.11. The molecular formula is C7H3BrClN3S. The number of aromatic nitrogens is 3. The van der Waals surface area contributed by atoms with E-state index >= 15 is 0 Å². The third-order valence-corrected chi connectivity index (χ3v) is 2.92. The van der Waals surface area contributed by atoms with Crippen molar-refractivity contribution in [3.05, 3.63) is 27.3 Å². The van der Waals surface area contributed by atoms with Crippen molar-refractivity contribution in [2.45, 2.75) is 0 Å². The molecule has 2 rings (SSSR count). The first-order valence-corrected chi connectivity index (χ1v) is 5.36. The summed E-state index contributed by atoms with van der Waals surface area (Å²) in [5, 5.41) is 8.97. The minimum absolute atomic E-state index is 0.462. The van der Waals surface area contributed by atoms with E-state index < -0.39 is 0 Å². The van der Waals surface area contributed by atoms with E-state index in [4.69, 9.17) is 11.6 Å². The van der Waals surface area contributed by atoms with Crippen molar-refractivity contribution in [3.8, 4) is 10.7 Å². The van der Waals surface area contributed by atoms with Crippen molar-refractivity contribution < 1.29 is 0 Å². The SMILES string of the molecule is Clc1cccc(-c2nnc(Br)s2)n1. The van der Waals surface area contributed by atoms with Gasteiger partial charge in [0.05, 0.1) is 0 Å². The molecule has 2 aromatic rings. The highest BCUT2D eigenvalue weighted by Crippen LogP contribution is 2.25. The summed E-state index contributed by atoms with van der Waals surface area (Å²) in [7, 11) is 0. The van der Waals surface area contributed by atoms with E-state index in [9.17, 15) is 0 Å². The van der Waals surface area contributed by atoms with E-state index in [-0.39, 0.29) is 0 Å². The smallest absolute Gasteiger partial charge is 0.183 e. The average molecular weight is 277 g/mol. The largest absolute Gasteiger partial charge is 0.234 e. The van der Waals surface area contributed by atoms with Crippen LogP contribution in [0.25, 0.3) is 10.7 Å². The van der Waals surface area contributed by atoms with E-state index in [1.165, 1.54) is 11.3 Å². The fourth-order valence-electron chi connectivity index (χ4n) is 0.836. The topological polar surface area (TPSA) is 38.7 Å². The standard InChI is InChI=1S/C7H3BrClN3S/c8-7-12-11-6(13-7)4-2-1-3-5(9)10-4/h1-3H. The third kappa shape index (κ3) is 2.04. The number of hydrogen-bond donors (Lipinski definition) is 0. The zero-order valence-corrected chi connectivity index (χ0v) is 9.40. The molecule has 0 unspecified atom stereocenters. The van der Waals surface area contributed by atoms with Crippen LogP contribution in [0.4, 0.5) is 0 Å². The van der Waals surface area contributed by atoms with E-state index in [1.807, 2.05) is 12.1 Å². The summed E-state index contributed by atoms with van der Waals surface area (Å²) in [6, 6.07) is 5.40. The Morgan fingerprint density at radius 2 is 2.15 bits per heavy atom. The van der Waals surface area contributed by atoms with Crippen molar-refractivity contribution in [1.82, 2.24) is 15.2 Å². The van der Waals surface area contributed by atoms with Gasteiger partial charge in [0.1, 0.15) is 10.8 Å². The maximum atomic E-state index is 5.74. The highest BCUT2D eigenvalue weighted by atomic mass is 79.9. The number of halogens is 2. The summed E-state index contributed by atoms with van der Waals surface area (Å²) >= 11 is 10.4. The Hall–Kier alpha value is -0.520. The van der Waals surface area contributed by atoms with Gasteiger partial charge in [-0.3, -0.25) is 0 Å². The normalized spacial score (nSPS) is 10.3. The van der Waals surface area contributed by atoms with Crippen LogP contribution in [0.3, 0.4) is 0 Å². The Morgan fingerprint density at radius 3 is 2.77 bits per heavy atom. The summed E-state index contributed by atoms with van der Waals surface area (Å²) in [5.74, 6) is 0.